The Labute approximate surface area is 183 Å². The average Bonchev–Trinajstić information content (AvgIpc) is 3.09. The van der Waals surface area contributed by atoms with E-state index in [0.29, 0.717) is 13.0 Å². The van der Waals surface area contributed by atoms with E-state index in [-0.39, 0.29) is 28.2 Å². The minimum atomic E-state index is -3.83. The number of rotatable bonds is 8. The molecule has 0 radical (unpaired) electrons. The lowest BCUT2D eigenvalue weighted by Crippen LogP contribution is -2.31. The van der Waals surface area contributed by atoms with Crippen LogP contribution in [0.1, 0.15) is 42.5 Å². The van der Waals surface area contributed by atoms with Crippen molar-refractivity contribution in [2.45, 2.75) is 44.7 Å². The van der Waals surface area contributed by atoms with Gasteiger partial charge in [0, 0.05) is 42.6 Å². The highest BCUT2D eigenvalue weighted by Crippen LogP contribution is 2.29. The summed E-state index contributed by atoms with van der Waals surface area (Å²) in [6.07, 6.45) is 0.706. The maximum atomic E-state index is 13.1. The number of hydrogen-bond donors (Lipinski definition) is 1. The van der Waals surface area contributed by atoms with E-state index in [0.717, 1.165) is 22.3 Å². The molecule has 3 rings (SSSR count). The number of methoxy groups -OCH3 is 1. The first-order chi connectivity index (χ1) is 14.7. The van der Waals surface area contributed by atoms with Crippen molar-refractivity contribution in [3.63, 3.8) is 0 Å². The van der Waals surface area contributed by atoms with Crippen LogP contribution in [0.3, 0.4) is 0 Å². The van der Waals surface area contributed by atoms with Gasteiger partial charge in [-0.05, 0) is 38.1 Å². The second kappa shape index (κ2) is 9.11. The first-order valence-electron chi connectivity index (χ1n) is 10.1. The average molecular weight is 445 g/mol. The SMILES string of the molecule is CCc1oc2ccccc2c1CN(C)C(=O)c1ccc(OC)c(S(=O)(=O)NC(C)C)c1. The maximum absolute atomic E-state index is 13.1. The molecule has 0 saturated heterocycles. The zero-order chi connectivity index (χ0) is 22.8. The molecule has 2 aromatic carbocycles. The number of para-hydroxylation sites is 1. The van der Waals surface area contributed by atoms with Gasteiger partial charge in [-0.2, -0.15) is 0 Å². The third kappa shape index (κ3) is 4.75. The molecule has 0 fully saturated rings. The first-order valence-corrected chi connectivity index (χ1v) is 11.6. The number of amides is 1. The van der Waals surface area contributed by atoms with Gasteiger partial charge in [-0.3, -0.25) is 4.79 Å². The topological polar surface area (TPSA) is 88.9 Å². The summed E-state index contributed by atoms with van der Waals surface area (Å²) in [4.78, 5) is 14.6. The Bertz CT molecular complexity index is 1200. The molecule has 0 bridgehead atoms. The maximum Gasteiger partial charge on any atom is 0.253 e. The molecule has 31 heavy (non-hydrogen) atoms. The fourth-order valence-electron chi connectivity index (χ4n) is 3.53. The van der Waals surface area contributed by atoms with E-state index in [1.807, 2.05) is 31.2 Å². The van der Waals surface area contributed by atoms with E-state index in [1.54, 1.807) is 31.9 Å². The number of carbonyl (C=O) groups is 1. The monoisotopic (exact) mass is 444 g/mol. The Morgan fingerprint density at radius 2 is 1.90 bits per heavy atom. The van der Waals surface area contributed by atoms with Gasteiger partial charge in [-0.15, -0.1) is 0 Å². The van der Waals surface area contributed by atoms with E-state index in [2.05, 4.69) is 4.72 Å². The molecule has 0 aliphatic heterocycles. The van der Waals surface area contributed by atoms with Crippen LogP contribution in [0.15, 0.2) is 51.8 Å². The highest BCUT2D eigenvalue weighted by atomic mass is 32.2. The Morgan fingerprint density at radius 3 is 2.55 bits per heavy atom. The molecule has 1 heterocycles. The normalized spacial score (nSPS) is 11.8. The molecule has 7 nitrogen and oxygen atoms in total. The van der Waals surface area contributed by atoms with Gasteiger partial charge in [0.15, 0.2) is 0 Å². The number of furan rings is 1. The van der Waals surface area contributed by atoms with Crippen LogP contribution in [0.4, 0.5) is 0 Å². The largest absolute Gasteiger partial charge is 0.495 e. The van der Waals surface area contributed by atoms with Crippen molar-refractivity contribution in [1.82, 2.24) is 9.62 Å². The molecule has 0 saturated carbocycles. The first kappa shape index (κ1) is 22.8. The van der Waals surface area contributed by atoms with Crippen molar-refractivity contribution < 1.29 is 22.4 Å². The highest BCUT2D eigenvalue weighted by Gasteiger charge is 2.24. The summed E-state index contributed by atoms with van der Waals surface area (Å²) in [5.41, 5.74) is 2.00. The molecular weight excluding hydrogens is 416 g/mol. The quantitative estimate of drug-likeness (QED) is 0.568. The molecule has 166 valence electrons. The van der Waals surface area contributed by atoms with Crippen LogP contribution in [-0.2, 0) is 23.0 Å². The van der Waals surface area contributed by atoms with E-state index in [9.17, 15) is 13.2 Å². The highest BCUT2D eigenvalue weighted by molar-refractivity contribution is 7.89. The van der Waals surface area contributed by atoms with Gasteiger partial charge in [0.1, 0.15) is 22.0 Å². The molecule has 1 aromatic heterocycles. The van der Waals surface area contributed by atoms with Crippen LogP contribution < -0.4 is 9.46 Å². The number of fused-ring (bicyclic) bond motifs is 1. The van der Waals surface area contributed by atoms with Gasteiger partial charge in [0.25, 0.3) is 5.91 Å². The number of hydrogen-bond acceptors (Lipinski definition) is 5. The molecule has 8 heteroatoms. The zero-order valence-corrected chi connectivity index (χ0v) is 19.2. The summed E-state index contributed by atoms with van der Waals surface area (Å²) in [6, 6.07) is 11.9. The number of carbonyl (C=O) groups excluding carboxylic acids is 1. The lowest BCUT2D eigenvalue weighted by Gasteiger charge is -2.19. The predicted molar refractivity (Wildman–Crippen MR) is 120 cm³/mol. The van der Waals surface area contributed by atoms with Crippen LogP contribution >= 0.6 is 0 Å². The standard InChI is InChI=1S/C23H28N2O5S/c1-6-19-18(17-9-7-8-10-20(17)30-19)14-25(4)23(26)16-11-12-21(29-5)22(13-16)31(27,28)24-15(2)3/h7-13,15,24H,6,14H2,1-5H3. The number of nitrogens with zero attached hydrogens (tertiary/aromatic N) is 1. The van der Waals surface area contributed by atoms with Crippen molar-refractivity contribution >= 4 is 26.9 Å². The molecule has 1 N–H and O–H groups in total. The van der Waals surface area contributed by atoms with Crippen LogP contribution in [0.5, 0.6) is 5.75 Å². The van der Waals surface area contributed by atoms with Crippen molar-refractivity contribution in [3.8, 4) is 5.75 Å². The van der Waals surface area contributed by atoms with Gasteiger partial charge in [0.2, 0.25) is 10.0 Å². The Hall–Kier alpha value is -2.84. The van der Waals surface area contributed by atoms with Crippen LogP contribution in [0.25, 0.3) is 11.0 Å². The predicted octanol–water partition coefficient (Wildman–Crippen LogP) is 3.96. The summed E-state index contributed by atoms with van der Waals surface area (Å²) in [7, 11) is -0.749. The van der Waals surface area contributed by atoms with Gasteiger partial charge in [-0.25, -0.2) is 13.1 Å². The number of aryl methyl sites for hydroxylation is 1. The Morgan fingerprint density at radius 1 is 1.19 bits per heavy atom. The third-order valence-corrected chi connectivity index (χ3v) is 6.62. The summed E-state index contributed by atoms with van der Waals surface area (Å²) in [6.45, 7) is 5.81. The molecule has 3 aromatic rings. The Balaban J connectivity index is 1.94. The van der Waals surface area contributed by atoms with Crippen molar-refractivity contribution in [2.75, 3.05) is 14.2 Å². The van der Waals surface area contributed by atoms with Gasteiger partial charge in [0.05, 0.1) is 7.11 Å². The fourth-order valence-corrected chi connectivity index (χ4v) is 4.98. The van der Waals surface area contributed by atoms with E-state index in [4.69, 9.17) is 9.15 Å². The number of sulfonamides is 1. The van der Waals surface area contributed by atoms with Gasteiger partial charge < -0.3 is 14.1 Å². The summed E-state index contributed by atoms with van der Waals surface area (Å²) < 4.78 is 39.1. The molecule has 1 amide bonds. The van der Waals surface area contributed by atoms with Crippen molar-refractivity contribution in [2.24, 2.45) is 0 Å². The van der Waals surface area contributed by atoms with E-state index in [1.165, 1.54) is 19.2 Å². The molecule has 0 aliphatic rings. The molecular formula is C23H28N2O5S. The summed E-state index contributed by atoms with van der Waals surface area (Å²) in [5.74, 6) is 0.720. The minimum absolute atomic E-state index is 0.0639. The lowest BCUT2D eigenvalue weighted by atomic mass is 10.1. The second-order valence-corrected chi connectivity index (χ2v) is 9.34. The van der Waals surface area contributed by atoms with Crippen LogP contribution in [-0.4, -0.2) is 39.4 Å². The smallest absolute Gasteiger partial charge is 0.253 e. The Kier molecular flexibility index (Phi) is 6.71. The lowest BCUT2D eigenvalue weighted by molar-refractivity contribution is 0.0784. The number of nitrogens with one attached hydrogen (secondary N) is 1. The zero-order valence-electron chi connectivity index (χ0n) is 18.4. The van der Waals surface area contributed by atoms with Crippen molar-refractivity contribution in [1.29, 1.82) is 0 Å². The number of benzene rings is 2. The number of ether oxygens (including phenoxy) is 1. The van der Waals surface area contributed by atoms with Crippen LogP contribution in [0.2, 0.25) is 0 Å². The summed E-state index contributed by atoms with van der Waals surface area (Å²) in [5, 5.41) is 0.970. The van der Waals surface area contributed by atoms with E-state index >= 15 is 0 Å². The van der Waals surface area contributed by atoms with Crippen LogP contribution in [0, 0.1) is 0 Å². The van der Waals surface area contributed by atoms with E-state index < -0.39 is 10.0 Å². The molecule has 0 spiro atoms. The fraction of sp³-hybridized carbons (Fsp3) is 0.348. The molecule has 0 unspecified atom stereocenters. The second-order valence-electron chi connectivity index (χ2n) is 7.66. The molecule has 0 aliphatic carbocycles. The van der Waals surface area contributed by atoms with Gasteiger partial charge >= 0.3 is 0 Å². The summed E-state index contributed by atoms with van der Waals surface area (Å²) >= 11 is 0. The minimum Gasteiger partial charge on any atom is -0.495 e. The molecule has 0 atom stereocenters. The van der Waals surface area contributed by atoms with Crippen molar-refractivity contribution in [3.05, 3.63) is 59.4 Å². The third-order valence-electron chi connectivity index (χ3n) is 4.94. The van der Waals surface area contributed by atoms with Gasteiger partial charge in [-0.1, -0.05) is 25.1 Å².